The van der Waals surface area contributed by atoms with Crippen molar-refractivity contribution in [2.24, 2.45) is 5.92 Å². The van der Waals surface area contributed by atoms with Crippen LogP contribution in [-0.4, -0.2) is 19.4 Å². The number of esters is 1. The number of carbonyl (C=O) groups is 1. The van der Waals surface area contributed by atoms with Gasteiger partial charge in [-0.3, -0.25) is 9.59 Å². The predicted octanol–water partition coefficient (Wildman–Crippen LogP) is 1.08. The maximum atomic E-state index is 10.8. The third-order valence-electron chi connectivity index (χ3n) is 1.47. The molecule has 0 amide bonds. The smallest absolute Gasteiger partial charge is 0.316 e. The third kappa shape index (κ3) is 3.75. The van der Waals surface area contributed by atoms with Gasteiger partial charge in [0.2, 0.25) is 6.29 Å². The molecule has 1 atom stereocenters. The van der Waals surface area contributed by atoms with Crippen LogP contribution in [0.4, 0.5) is 0 Å². The number of hydrogen-bond acceptors (Lipinski definition) is 3. The molecule has 0 aliphatic carbocycles. The van der Waals surface area contributed by atoms with Gasteiger partial charge in [0.25, 0.3) is 0 Å². The molecule has 0 aromatic rings. The number of rotatable bonds is 5. The number of methoxy groups -OCH3 is 1. The monoisotopic (exact) mass is 157 g/mol. The third-order valence-corrected chi connectivity index (χ3v) is 1.47. The summed E-state index contributed by atoms with van der Waals surface area (Å²) in [6, 6.07) is 0. The largest absolute Gasteiger partial charge is 0.468 e. The minimum atomic E-state index is -0.681. The van der Waals surface area contributed by atoms with Crippen LogP contribution < -0.4 is 0 Å². The van der Waals surface area contributed by atoms with E-state index in [0.29, 0.717) is 6.42 Å². The molecule has 0 saturated carbocycles. The topological polar surface area (TPSA) is 43.4 Å². The van der Waals surface area contributed by atoms with Gasteiger partial charge >= 0.3 is 5.97 Å². The van der Waals surface area contributed by atoms with E-state index in [1.54, 1.807) is 6.29 Å². The SMILES string of the molecule is CCCCC([C]=O)C(=O)OC. The predicted molar refractivity (Wildman–Crippen MR) is 40.7 cm³/mol. The Balaban J connectivity index is 3.74. The average molecular weight is 157 g/mol. The van der Waals surface area contributed by atoms with Crippen molar-refractivity contribution in [1.82, 2.24) is 0 Å². The van der Waals surface area contributed by atoms with Crippen LogP contribution in [0.1, 0.15) is 26.2 Å². The van der Waals surface area contributed by atoms with Gasteiger partial charge in [0.1, 0.15) is 5.92 Å². The van der Waals surface area contributed by atoms with E-state index in [0.717, 1.165) is 12.8 Å². The van der Waals surface area contributed by atoms with Crippen molar-refractivity contribution in [3.63, 3.8) is 0 Å². The summed E-state index contributed by atoms with van der Waals surface area (Å²) in [6.07, 6.45) is 4.03. The van der Waals surface area contributed by atoms with Gasteiger partial charge < -0.3 is 4.74 Å². The van der Waals surface area contributed by atoms with Crippen molar-refractivity contribution in [3.8, 4) is 0 Å². The van der Waals surface area contributed by atoms with E-state index in [4.69, 9.17) is 0 Å². The van der Waals surface area contributed by atoms with E-state index in [1.165, 1.54) is 7.11 Å². The highest BCUT2D eigenvalue weighted by atomic mass is 16.5. The zero-order chi connectivity index (χ0) is 8.69. The molecule has 0 N–H and O–H groups in total. The first-order valence-electron chi connectivity index (χ1n) is 3.71. The molecule has 0 heterocycles. The molecule has 3 nitrogen and oxygen atoms in total. The molecule has 1 unspecified atom stereocenters. The van der Waals surface area contributed by atoms with Crippen molar-refractivity contribution < 1.29 is 14.3 Å². The minimum Gasteiger partial charge on any atom is -0.468 e. The van der Waals surface area contributed by atoms with Gasteiger partial charge in [-0.2, -0.15) is 0 Å². The van der Waals surface area contributed by atoms with Crippen LogP contribution >= 0.6 is 0 Å². The highest BCUT2D eigenvalue weighted by Crippen LogP contribution is 2.06. The summed E-state index contributed by atoms with van der Waals surface area (Å²) in [6.45, 7) is 2.00. The van der Waals surface area contributed by atoms with Crippen molar-refractivity contribution in [2.75, 3.05) is 7.11 Å². The van der Waals surface area contributed by atoms with Crippen LogP contribution in [-0.2, 0) is 14.3 Å². The quantitative estimate of drug-likeness (QED) is 0.443. The highest BCUT2D eigenvalue weighted by Gasteiger charge is 2.17. The van der Waals surface area contributed by atoms with Crippen molar-refractivity contribution in [3.05, 3.63) is 0 Å². The second kappa shape index (κ2) is 5.89. The van der Waals surface area contributed by atoms with Crippen LogP contribution in [0.15, 0.2) is 0 Å². The molecular weight excluding hydrogens is 144 g/mol. The van der Waals surface area contributed by atoms with E-state index in [1.807, 2.05) is 6.92 Å². The first kappa shape index (κ1) is 10.1. The van der Waals surface area contributed by atoms with E-state index < -0.39 is 11.9 Å². The summed E-state index contributed by atoms with van der Waals surface area (Å²) >= 11 is 0. The summed E-state index contributed by atoms with van der Waals surface area (Å²) in [5.41, 5.74) is 0. The maximum Gasteiger partial charge on any atom is 0.316 e. The lowest BCUT2D eigenvalue weighted by molar-refractivity contribution is -0.143. The molecule has 0 rings (SSSR count). The highest BCUT2D eigenvalue weighted by molar-refractivity contribution is 5.87. The van der Waals surface area contributed by atoms with Crippen LogP contribution in [0, 0.1) is 5.92 Å². The lowest BCUT2D eigenvalue weighted by atomic mass is 10.0. The lowest BCUT2D eigenvalue weighted by Crippen LogP contribution is -2.17. The summed E-state index contributed by atoms with van der Waals surface area (Å²) in [5.74, 6) is -1.16. The molecule has 11 heavy (non-hydrogen) atoms. The number of ether oxygens (including phenoxy) is 1. The Labute approximate surface area is 66.7 Å². The molecule has 0 bridgehead atoms. The number of carbonyl (C=O) groups excluding carboxylic acids is 2. The Morgan fingerprint density at radius 2 is 2.27 bits per heavy atom. The fraction of sp³-hybridized carbons (Fsp3) is 0.750. The zero-order valence-corrected chi connectivity index (χ0v) is 6.92. The summed E-state index contributed by atoms with van der Waals surface area (Å²) < 4.78 is 4.40. The van der Waals surface area contributed by atoms with E-state index in [9.17, 15) is 9.59 Å². The molecule has 0 fully saturated rings. The summed E-state index contributed by atoms with van der Waals surface area (Å²) in [7, 11) is 1.28. The molecular formula is C8H13O3. The first-order valence-corrected chi connectivity index (χ1v) is 3.71. The molecule has 3 heteroatoms. The molecule has 0 aromatic heterocycles. The van der Waals surface area contributed by atoms with Crippen LogP contribution in [0.25, 0.3) is 0 Å². The normalized spacial score (nSPS) is 12.2. The Morgan fingerprint density at radius 1 is 1.64 bits per heavy atom. The number of unbranched alkanes of at least 4 members (excludes halogenated alkanes) is 1. The fourth-order valence-electron chi connectivity index (χ4n) is 0.775. The van der Waals surface area contributed by atoms with E-state index >= 15 is 0 Å². The number of hydrogen-bond donors (Lipinski definition) is 0. The molecule has 0 aliphatic heterocycles. The molecule has 0 spiro atoms. The Hall–Kier alpha value is -0.860. The van der Waals surface area contributed by atoms with Gasteiger partial charge in [0, 0.05) is 0 Å². The Morgan fingerprint density at radius 3 is 2.64 bits per heavy atom. The van der Waals surface area contributed by atoms with Gasteiger partial charge in [0.05, 0.1) is 7.11 Å². The van der Waals surface area contributed by atoms with Crippen LogP contribution in [0.5, 0.6) is 0 Å². The first-order chi connectivity index (χ1) is 5.26. The Bertz CT molecular complexity index is 131. The summed E-state index contributed by atoms with van der Waals surface area (Å²) in [4.78, 5) is 20.9. The van der Waals surface area contributed by atoms with Crippen molar-refractivity contribution >= 4 is 12.3 Å². The molecule has 1 radical (unpaired) electrons. The second-order valence-corrected chi connectivity index (χ2v) is 2.34. The van der Waals surface area contributed by atoms with Gasteiger partial charge in [0.15, 0.2) is 0 Å². The molecule has 0 saturated heterocycles. The van der Waals surface area contributed by atoms with Gasteiger partial charge in [-0.25, -0.2) is 0 Å². The van der Waals surface area contributed by atoms with Crippen LogP contribution in [0.3, 0.4) is 0 Å². The lowest BCUT2D eigenvalue weighted by Gasteiger charge is -2.04. The molecule has 0 aliphatic rings. The molecule has 63 valence electrons. The average Bonchev–Trinajstić information content (AvgIpc) is 2.05. The molecule has 0 aromatic carbocycles. The zero-order valence-electron chi connectivity index (χ0n) is 6.92. The second-order valence-electron chi connectivity index (χ2n) is 2.34. The van der Waals surface area contributed by atoms with E-state index in [2.05, 4.69) is 4.74 Å². The van der Waals surface area contributed by atoms with Crippen molar-refractivity contribution in [2.45, 2.75) is 26.2 Å². The van der Waals surface area contributed by atoms with E-state index in [-0.39, 0.29) is 0 Å². The Kier molecular flexibility index (Phi) is 5.43. The standard InChI is InChI=1S/C8H13O3/c1-3-4-5-7(6-9)8(10)11-2/h7H,3-5H2,1-2H3. The summed E-state index contributed by atoms with van der Waals surface area (Å²) in [5, 5.41) is 0. The maximum absolute atomic E-state index is 10.8. The van der Waals surface area contributed by atoms with Gasteiger partial charge in [-0.1, -0.05) is 19.8 Å². The fourth-order valence-corrected chi connectivity index (χ4v) is 0.775. The van der Waals surface area contributed by atoms with Gasteiger partial charge in [-0.15, -0.1) is 0 Å². The van der Waals surface area contributed by atoms with Crippen molar-refractivity contribution in [1.29, 1.82) is 0 Å². The van der Waals surface area contributed by atoms with Crippen LogP contribution in [0.2, 0.25) is 0 Å². The minimum absolute atomic E-state index is 0.478. The van der Waals surface area contributed by atoms with Gasteiger partial charge in [-0.05, 0) is 6.42 Å².